The molecule has 2 rings (SSSR count). The molecular weight excluding hydrogens is 605 g/mol. The average Bonchev–Trinajstić information content (AvgIpc) is 3.14. The molecule has 0 heterocycles. The Kier molecular flexibility index (Phi) is 27.0. The van der Waals surface area contributed by atoms with E-state index in [1.54, 1.807) is 0 Å². The largest absolute Gasteiger partial charge is 0.252 e. The molecule has 0 aliphatic heterocycles. The molecule has 0 spiro atoms. The molecule has 0 saturated heterocycles. The van der Waals surface area contributed by atoms with E-state index >= 15 is 0 Å². The lowest BCUT2D eigenvalue weighted by Crippen LogP contribution is -2.14. The number of benzene rings is 2. The van der Waals surface area contributed by atoms with E-state index in [0.29, 0.717) is 0 Å². The van der Waals surface area contributed by atoms with Gasteiger partial charge in [-0.2, -0.15) is 0 Å². The highest BCUT2D eigenvalue weighted by Gasteiger charge is 2.11. The Hall–Kier alpha value is -2.74. The molecule has 0 aromatic heterocycles. The van der Waals surface area contributed by atoms with Gasteiger partial charge in [-0.1, -0.05) is 192 Å². The molecule has 0 unspecified atom stereocenters. The highest BCUT2D eigenvalue weighted by molar-refractivity contribution is 6.43. The van der Waals surface area contributed by atoms with Crippen LogP contribution in [0.25, 0.3) is 12.2 Å². The van der Waals surface area contributed by atoms with Crippen LogP contribution in [0.4, 0.5) is 11.4 Å². The van der Waals surface area contributed by atoms with E-state index in [1.165, 1.54) is 158 Å². The summed E-state index contributed by atoms with van der Waals surface area (Å²) in [6, 6.07) is 17.6. The molecule has 0 aliphatic carbocycles. The molecule has 0 fully saturated rings. The van der Waals surface area contributed by atoms with Crippen molar-refractivity contribution in [3.8, 4) is 0 Å². The number of unbranched alkanes of at least 4 members (excludes halogenated alkanes) is 20. The van der Waals surface area contributed by atoms with Gasteiger partial charge in [0.25, 0.3) is 0 Å². The van der Waals surface area contributed by atoms with E-state index in [9.17, 15) is 0 Å². The minimum atomic E-state index is 0.975. The molecule has 50 heavy (non-hydrogen) atoms. The first-order chi connectivity index (χ1) is 24.7. The first-order valence-corrected chi connectivity index (χ1v) is 21.4. The van der Waals surface area contributed by atoms with Gasteiger partial charge in [0.1, 0.15) is 0 Å². The van der Waals surface area contributed by atoms with Gasteiger partial charge in [0.05, 0.1) is 22.8 Å². The van der Waals surface area contributed by atoms with E-state index in [4.69, 9.17) is 9.98 Å². The maximum atomic E-state index is 5.26. The fraction of sp³-hybridized carbons (Fsp3) is 0.625. The number of allylic oxidation sites excluding steroid dienone is 2. The van der Waals surface area contributed by atoms with Crippen LogP contribution >= 0.6 is 0 Å². The van der Waals surface area contributed by atoms with Crippen LogP contribution in [0.1, 0.15) is 206 Å². The number of hydrogen-bond acceptors (Lipinski definition) is 2. The summed E-state index contributed by atoms with van der Waals surface area (Å²) in [6.45, 7) is 9.13. The van der Waals surface area contributed by atoms with Gasteiger partial charge in [-0.05, 0) is 86.8 Å². The number of hydrogen-bond donors (Lipinski definition) is 0. The van der Waals surface area contributed by atoms with Crippen LogP contribution < -0.4 is 0 Å². The van der Waals surface area contributed by atoms with Gasteiger partial charge in [-0.15, -0.1) is 0 Å². The van der Waals surface area contributed by atoms with Crippen LogP contribution in [0.15, 0.2) is 70.7 Å². The predicted octanol–water partition coefficient (Wildman–Crippen LogP) is 16.8. The van der Waals surface area contributed by atoms with Gasteiger partial charge in [0, 0.05) is 0 Å². The van der Waals surface area contributed by atoms with Crippen molar-refractivity contribution in [1.82, 2.24) is 0 Å². The van der Waals surface area contributed by atoms with E-state index in [2.05, 4.69) is 101 Å². The molecule has 2 heteroatoms. The minimum absolute atomic E-state index is 0.975. The summed E-state index contributed by atoms with van der Waals surface area (Å²) in [7, 11) is 0. The zero-order valence-electron chi connectivity index (χ0n) is 33.2. The summed E-state index contributed by atoms with van der Waals surface area (Å²) < 4.78 is 0. The Balaban J connectivity index is 2.01. The van der Waals surface area contributed by atoms with E-state index in [0.717, 1.165) is 42.8 Å². The lowest BCUT2D eigenvalue weighted by molar-refractivity contribution is 0.578. The minimum Gasteiger partial charge on any atom is -0.252 e. The molecule has 0 bridgehead atoms. The quantitative estimate of drug-likeness (QED) is 0.0559. The fourth-order valence-electron chi connectivity index (χ4n) is 6.46. The second-order valence-corrected chi connectivity index (χ2v) is 14.5. The Bertz CT molecular complexity index is 1180. The average molecular weight is 681 g/mol. The molecule has 0 radical (unpaired) electrons. The van der Waals surface area contributed by atoms with Crippen molar-refractivity contribution in [2.24, 2.45) is 9.98 Å². The van der Waals surface area contributed by atoms with Crippen molar-refractivity contribution < 1.29 is 0 Å². The van der Waals surface area contributed by atoms with Gasteiger partial charge in [-0.3, -0.25) is 9.98 Å². The highest BCUT2D eigenvalue weighted by atomic mass is 14.8. The molecule has 0 aliphatic rings. The number of nitrogens with zero attached hydrogens (tertiary/aromatic N) is 2. The molecule has 0 N–H and O–H groups in total. The topological polar surface area (TPSA) is 24.7 Å². The monoisotopic (exact) mass is 681 g/mol. The first-order valence-electron chi connectivity index (χ1n) is 21.4. The predicted molar refractivity (Wildman–Crippen MR) is 228 cm³/mol. The summed E-state index contributed by atoms with van der Waals surface area (Å²) >= 11 is 0. The lowest BCUT2D eigenvalue weighted by atomic mass is 10.0. The second-order valence-electron chi connectivity index (χ2n) is 14.5. The lowest BCUT2D eigenvalue weighted by Gasteiger charge is -2.12. The molecule has 0 saturated carbocycles. The third kappa shape index (κ3) is 22.2. The van der Waals surface area contributed by atoms with Crippen molar-refractivity contribution >= 4 is 35.0 Å². The van der Waals surface area contributed by atoms with Crippen molar-refractivity contribution in [2.45, 2.75) is 195 Å². The molecule has 278 valence electrons. The van der Waals surface area contributed by atoms with Crippen molar-refractivity contribution in [3.05, 3.63) is 71.8 Å². The van der Waals surface area contributed by atoms with E-state index < -0.39 is 0 Å². The highest BCUT2D eigenvalue weighted by Crippen LogP contribution is 2.22. The normalized spacial score (nSPS) is 12.6. The summed E-state index contributed by atoms with van der Waals surface area (Å²) in [5.41, 5.74) is 6.93. The maximum absolute atomic E-state index is 5.26. The summed E-state index contributed by atoms with van der Waals surface area (Å²) in [6.07, 6.45) is 42.8. The zero-order valence-corrected chi connectivity index (χ0v) is 33.2. The van der Waals surface area contributed by atoms with Gasteiger partial charge in [0.15, 0.2) is 0 Å². The van der Waals surface area contributed by atoms with Crippen molar-refractivity contribution in [1.29, 1.82) is 0 Å². The van der Waals surface area contributed by atoms with E-state index in [1.807, 2.05) is 0 Å². The Morgan fingerprint density at radius 3 is 1.08 bits per heavy atom. The van der Waals surface area contributed by atoms with Gasteiger partial charge in [-0.25, -0.2) is 0 Å². The summed E-state index contributed by atoms with van der Waals surface area (Å²) in [5.74, 6) is 0. The molecule has 2 aromatic rings. The molecule has 2 aromatic carbocycles. The van der Waals surface area contributed by atoms with Gasteiger partial charge < -0.3 is 0 Å². The third-order valence-corrected chi connectivity index (χ3v) is 9.75. The summed E-state index contributed by atoms with van der Waals surface area (Å²) in [5, 5.41) is 0. The fourth-order valence-corrected chi connectivity index (χ4v) is 6.46. The van der Waals surface area contributed by atoms with Crippen LogP contribution in [0, 0.1) is 0 Å². The van der Waals surface area contributed by atoms with E-state index in [-0.39, 0.29) is 0 Å². The number of rotatable bonds is 31. The first kappa shape index (κ1) is 43.4. The SMILES string of the molecule is CCCCCCCCCCC=Cc1ccc(N=C(CCCC)C(CCCCCC)=Nc2ccc(C=CCCCCCCCCCC)cc2)cc1. The zero-order chi connectivity index (χ0) is 35.7. The summed E-state index contributed by atoms with van der Waals surface area (Å²) in [4.78, 5) is 10.5. The molecule has 0 amide bonds. The smallest absolute Gasteiger partial charge is 0.0634 e. The van der Waals surface area contributed by atoms with Gasteiger partial charge >= 0.3 is 0 Å². The van der Waals surface area contributed by atoms with Crippen molar-refractivity contribution in [2.75, 3.05) is 0 Å². The Labute approximate surface area is 310 Å². The van der Waals surface area contributed by atoms with Crippen LogP contribution in [0.3, 0.4) is 0 Å². The van der Waals surface area contributed by atoms with Crippen molar-refractivity contribution in [3.63, 3.8) is 0 Å². The molecule has 2 nitrogen and oxygen atoms in total. The Morgan fingerprint density at radius 2 is 0.700 bits per heavy atom. The van der Waals surface area contributed by atoms with Crippen LogP contribution in [-0.4, -0.2) is 11.4 Å². The Morgan fingerprint density at radius 1 is 0.380 bits per heavy atom. The maximum Gasteiger partial charge on any atom is 0.0634 e. The van der Waals surface area contributed by atoms with Crippen LogP contribution in [0.2, 0.25) is 0 Å². The third-order valence-electron chi connectivity index (χ3n) is 9.75. The van der Waals surface area contributed by atoms with Gasteiger partial charge in [0.2, 0.25) is 0 Å². The number of aliphatic imine (C=N–C) groups is 2. The second kappa shape index (κ2) is 31.0. The molecular formula is C48H76N2. The van der Waals surface area contributed by atoms with Crippen LogP contribution in [0.5, 0.6) is 0 Å². The standard InChI is InChI=1S/C48H76N2/c1-5-9-13-16-18-20-22-24-26-28-31-43-35-39-45(40-36-43)49-47(33-12-8-4)48(34-30-15-11-7-3)50-46-41-37-44(38-42-46)32-29-27-25-23-21-19-17-14-10-6-2/h28-29,31-32,35-42H,5-27,30,33-34H2,1-4H3. The van der Waals surface area contributed by atoms with Crippen LogP contribution in [-0.2, 0) is 0 Å². The molecule has 0 atom stereocenters.